The Hall–Kier alpha value is -2.78. The number of nitrogens with two attached hydrogens (primary N) is 1. The minimum Gasteiger partial charge on any atom is -0.365 e. The summed E-state index contributed by atoms with van der Waals surface area (Å²) in [6, 6.07) is 5.95. The highest BCUT2D eigenvalue weighted by molar-refractivity contribution is 7.17. The average Bonchev–Trinajstić information content (AvgIpc) is 3.12. The molecule has 0 unspecified atom stereocenters. The van der Waals surface area contributed by atoms with Crippen molar-refractivity contribution in [3.05, 3.63) is 51.7 Å². The number of fused-ring (bicyclic) bond motifs is 1. The van der Waals surface area contributed by atoms with Crippen LogP contribution in [0.25, 0.3) is 0 Å². The second-order valence-corrected chi connectivity index (χ2v) is 8.98. The van der Waals surface area contributed by atoms with Gasteiger partial charge in [-0.25, -0.2) is 4.39 Å². The first-order valence-corrected chi connectivity index (χ1v) is 11.3. The van der Waals surface area contributed by atoms with Gasteiger partial charge in [0.1, 0.15) is 10.8 Å². The highest BCUT2D eigenvalue weighted by atomic mass is 32.1. The van der Waals surface area contributed by atoms with Crippen LogP contribution in [0.3, 0.4) is 0 Å². The maximum atomic E-state index is 13.9. The van der Waals surface area contributed by atoms with E-state index in [4.69, 9.17) is 5.73 Å². The third kappa shape index (κ3) is 4.62. The number of nitrogens with zero attached hydrogens (tertiary/aromatic N) is 2. The summed E-state index contributed by atoms with van der Waals surface area (Å²) in [5, 5.41) is 3.41. The quantitative estimate of drug-likeness (QED) is 0.740. The number of aryl methyl sites for hydroxylation is 1. The highest BCUT2D eigenvalue weighted by Gasteiger charge is 2.27. The van der Waals surface area contributed by atoms with Crippen LogP contribution < -0.4 is 11.1 Å². The predicted molar refractivity (Wildman–Crippen MR) is 117 cm³/mol. The molecule has 0 radical (unpaired) electrons. The van der Waals surface area contributed by atoms with E-state index < -0.39 is 11.7 Å². The molecule has 1 saturated heterocycles. The molecule has 3 amide bonds. The number of halogens is 1. The van der Waals surface area contributed by atoms with E-state index in [0.717, 1.165) is 36.1 Å². The number of amides is 3. The van der Waals surface area contributed by atoms with Gasteiger partial charge in [0.25, 0.3) is 11.8 Å². The molecule has 9 heteroatoms. The Morgan fingerprint density at radius 3 is 2.48 bits per heavy atom. The number of rotatable bonds is 5. The summed E-state index contributed by atoms with van der Waals surface area (Å²) in [7, 11) is 0. The Bertz CT molecular complexity index is 1010. The van der Waals surface area contributed by atoms with Crippen molar-refractivity contribution in [2.24, 2.45) is 5.73 Å². The molecule has 2 aliphatic rings. The number of hydrogen-bond acceptors (Lipinski definition) is 5. The second kappa shape index (κ2) is 9.15. The fraction of sp³-hybridized carbons (Fsp3) is 0.409. The number of carbonyl (C=O) groups is 3. The van der Waals surface area contributed by atoms with Gasteiger partial charge in [0.05, 0.1) is 17.7 Å². The number of benzene rings is 1. The van der Waals surface area contributed by atoms with E-state index in [1.807, 2.05) is 4.90 Å². The van der Waals surface area contributed by atoms with Crippen molar-refractivity contribution in [2.45, 2.75) is 25.7 Å². The van der Waals surface area contributed by atoms with E-state index in [9.17, 15) is 18.8 Å². The molecule has 2 heterocycles. The lowest BCUT2D eigenvalue weighted by atomic mass is 9.95. The lowest BCUT2D eigenvalue weighted by Gasteiger charge is -2.34. The van der Waals surface area contributed by atoms with Crippen LogP contribution >= 0.6 is 11.3 Å². The molecule has 1 aromatic carbocycles. The van der Waals surface area contributed by atoms with Crippen molar-refractivity contribution in [1.29, 1.82) is 0 Å². The van der Waals surface area contributed by atoms with Gasteiger partial charge in [-0.15, -0.1) is 11.3 Å². The topological polar surface area (TPSA) is 95.7 Å². The zero-order valence-electron chi connectivity index (χ0n) is 17.2. The maximum Gasteiger partial charge on any atom is 0.256 e. The van der Waals surface area contributed by atoms with E-state index in [1.54, 1.807) is 17.0 Å². The maximum absolute atomic E-state index is 13.9. The molecule has 2 aromatic rings. The van der Waals surface area contributed by atoms with Gasteiger partial charge in [0.15, 0.2) is 0 Å². The van der Waals surface area contributed by atoms with E-state index >= 15 is 0 Å². The molecule has 4 rings (SSSR count). The van der Waals surface area contributed by atoms with Crippen molar-refractivity contribution >= 4 is 34.1 Å². The summed E-state index contributed by atoms with van der Waals surface area (Å²) in [5.41, 5.74) is 7.09. The van der Waals surface area contributed by atoms with Crippen molar-refractivity contribution < 1.29 is 18.8 Å². The number of carbonyl (C=O) groups excluding carboxylic acids is 3. The highest BCUT2D eigenvalue weighted by Crippen LogP contribution is 2.37. The summed E-state index contributed by atoms with van der Waals surface area (Å²) in [5.74, 6) is -1.58. The number of hydrogen-bond donors (Lipinski definition) is 2. The number of nitrogens with one attached hydrogen (secondary N) is 1. The van der Waals surface area contributed by atoms with Crippen LogP contribution in [0.15, 0.2) is 24.3 Å². The summed E-state index contributed by atoms with van der Waals surface area (Å²) < 4.78 is 13.9. The molecule has 31 heavy (non-hydrogen) atoms. The minimum absolute atomic E-state index is 0.0642. The second-order valence-electron chi connectivity index (χ2n) is 7.88. The first-order chi connectivity index (χ1) is 14.9. The van der Waals surface area contributed by atoms with Crippen molar-refractivity contribution in [3.63, 3.8) is 0 Å². The Morgan fingerprint density at radius 2 is 1.77 bits per heavy atom. The van der Waals surface area contributed by atoms with Crippen LogP contribution in [-0.4, -0.2) is 60.2 Å². The molecule has 0 saturated carbocycles. The van der Waals surface area contributed by atoms with Crippen LogP contribution in [0, 0.1) is 5.82 Å². The largest absolute Gasteiger partial charge is 0.365 e. The minimum atomic E-state index is -0.529. The van der Waals surface area contributed by atoms with Crippen molar-refractivity contribution in [2.75, 3.05) is 38.0 Å². The molecule has 0 bridgehead atoms. The van der Waals surface area contributed by atoms with E-state index in [0.29, 0.717) is 36.7 Å². The van der Waals surface area contributed by atoms with Gasteiger partial charge >= 0.3 is 0 Å². The van der Waals surface area contributed by atoms with E-state index in [2.05, 4.69) is 5.32 Å². The van der Waals surface area contributed by atoms with E-state index in [1.165, 1.54) is 23.5 Å². The normalized spacial score (nSPS) is 16.6. The summed E-state index contributed by atoms with van der Waals surface area (Å²) in [6.07, 6.45) is 3.83. The SMILES string of the molecule is NC(=O)c1c(NC(=O)CN2CCN(C(=O)c3ccccc3F)CC2)sc2c1CCCC2. The first-order valence-electron chi connectivity index (χ1n) is 10.4. The molecule has 7 nitrogen and oxygen atoms in total. The fourth-order valence-electron chi connectivity index (χ4n) is 4.20. The third-order valence-corrected chi connectivity index (χ3v) is 7.01. The Labute approximate surface area is 184 Å². The standard InChI is InChI=1S/C22H25FN4O3S/c23-16-7-3-1-5-14(16)22(30)27-11-9-26(10-12-27)13-18(28)25-21-19(20(24)29)15-6-2-4-8-17(15)31-21/h1,3,5,7H,2,4,6,8-13H2,(H2,24,29)(H,25,28). The third-order valence-electron chi connectivity index (χ3n) is 5.80. The van der Waals surface area contributed by atoms with Gasteiger partial charge in [0.2, 0.25) is 5.91 Å². The zero-order valence-corrected chi connectivity index (χ0v) is 18.0. The Morgan fingerprint density at radius 1 is 1.06 bits per heavy atom. The predicted octanol–water partition coefficient (Wildman–Crippen LogP) is 2.26. The van der Waals surface area contributed by atoms with Crippen LogP contribution in [0.4, 0.5) is 9.39 Å². The lowest BCUT2D eigenvalue weighted by molar-refractivity contribution is -0.117. The van der Waals surface area contributed by atoms with Gasteiger partial charge in [-0.2, -0.15) is 0 Å². The summed E-state index contributed by atoms with van der Waals surface area (Å²) in [4.78, 5) is 41.8. The Balaban J connectivity index is 1.34. The van der Waals surface area contributed by atoms with Crippen molar-refractivity contribution in [1.82, 2.24) is 9.80 Å². The zero-order chi connectivity index (χ0) is 22.0. The molecular formula is C22H25FN4O3S. The smallest absolute Gasteiger partial charge is 0.256 e. The molecule has 1 aromatic heterocycles. The molecule has 1 aliphatic heterocycles. The van der Waals surface area contributed by atoms with Gasteiger partial charge in [0, 0.05) is 31.1 Å². The molecule has 3 N–H and O–H groups in total. The number of piperazine rings is 1. The van der Waals surface area contributed by atoms with Gasteiger partial charge in [-0.1, -0.05) is 12.1 Å². The van der Waals surface area contributed by atoms with Gasteiger partial charge < -0.3 is 16.0 Å². The van der Waals surface area contributed by atoms with Crippen LogP contribution in [-0.2, 0) is 17.6 Å². The van der Waals surface area contributed by atoms with Gasteiger partial charge in [-0.3, -0.25) is 19.3 Å². The van der Waals surface area contributed by atoms with E-state index in [-0.39, 0.29) is 23.9 Å². The molecule has 0 spiro atoms. The number of thiophene rings is 1. The van der Waals surface area contributed by atoms with Crippen LogP contribution in [0.1, 0.15) is 44.0 Å². The monoisotopic (exact) mass is 444 g/mol. The van der Waals surface area contributed by atoms with Crippen molar-refractivity contribution in [3.8, 4) is 0 Å². The van der Waals surface area contributed by atoms with Crippen LogP contribution in [0.2, 0.25) is 0 Å². The summed E-state index contributed by atoms with van der Waals surface area (Å²) in [6.45, 7) is 2.01. The molecule has 1 aliphatic carbocycles. The molecular weight excluding hydrogens is 419 g/mol. The van der Waals surface area contributed by atoms with Gasteiger partial charge in [-0.05, 0) is 43.4 Å². The molecule has 1 fully saturated rings. The number of anilines is 1. The van der Waals surface area contributed by atoms with Crippen LogP contribution in [0.5, 0.6) is 0 Å². The fourth-order valence-corrected chi connectivity index (χ4v) is 5.51. The molecule has 164 valence electrons. The summed E-state index contributed by atoms with van der Waals surface area (Å²) >= 11 is 1.44. The first kappa shape index (κ1) is 21.5. The Kier molecular flexibility index (Phi) is 6.33. The molecule has 0 atom stereocenters. The lowest BCUT2D eigenvalue weighted by Crippen LogP contribution is -2.50. The number of primary amides is 1. The average molecular weight is 445 g/mol.